The second-order valence-electron chi connectivity index (χ2n) is 6.20. The molecule has 126 valence electrons. The third-order valence-corrected chi connectivity index (χ3v) is 4.73. The van der Waals surface area contributed by atoms with Gasteiger partial charge in [-0.1, -0.05) is 0 Å². The van der Waals surface area contributed by atoms with E-state index in [0.717, 1.165) is 54.8 Å². The van der Waals surface area contributed by atoms with E-state index in [-0.39, 0.29) is 0 Å². The lowest BCUT2D eigenvalue weighted by Crippen LogP contribution is -2.47. The Balaban J connectivity index is 1.54. The molecule has 3 aromatic heterocycles. The van der Waals surface area contributed by atoms with E-state index in [4.69, 9.17) is 5.10 Å². The molecule has 0 saturated carbocycles. The summed E-state index contributed by atoms with van der Waals surface area (Å²) < 4.78 is 1.91. The monoisotopic (exact) mass is 333 g/mol. The minimum absolute atomic E-state index is 0.625. The van der Waals surface area contributed by atoms with Crippen LogP contribution in [0.25, 0.3) is 5.65 Å². The predicted octanol–water partition coefficient (Wildman–Crippen LogP) is 1.94. The van der Waals surface area contributed by atoms with Gasteiger partial charge in [0, 0.05) is 32.4 Å². The number of nitriles is 1. The lowest BCUT2D eigenvalue weighted by Gasteiger charge is -2.36. The van der Waals surface area contributed by atoms with Crippen molar-refractivity contribution in [2.45, 2.75) is 13.8 Å². The van der Waals surface area contributed by atoms with Gasteiger partial charge in [-0.2, -0.15) is 5.26 Å². The van der Waals surface area contributed by atoms with Crippen LogP contribution in [-0.2, 0) is 0 Å². The Morgan fingerprint density at radius 3 is 2.56 bits per heavy atom. The standard InChI is InChI=1S/C18H19N7/c1-13-14(2)25-16(21-13)5-6-17(22-25)23-8-10-24(11-9-23)18-15(12-19)4-3-7-20-18/h3-7H,8-11H2,1-2H3. The highest BCUT2D eigenvalue weighted by atomic mass is 15.4. The summed E-state index contributed by atoms with van der Waals surface area (Å²) in [4.78, 5) is 13.3. The Bertz CT molecular complexity index is 961. The number of hydrogen-bond donors (Lipinski definition) is 0. The summed E-state index contributed by atoms with van der Waals surface area (Å²) in [6, 6.07) is 9.88. The van der Waals surface area contributed by atoms with Crippen molar-refractivity contribution in [3.8, 4) is 6.07 Å². The van der Waals surface area contributed by atoms with E-state index in [1.165, 1.54) is 0 Å². The molecule has 0 atom stereocenters. The van der Waals surface area contributed by atoms with Crippen molar-refractivity contribution >= 4 is 17.3 Å². The number of rotatable bonds is 2. The van der Waals surface area contributed by atoms with E-state index in [0.29, 0.717) is 5.56 Å². The highest BCUT2D eigenvalue weighted by molar-refractivity contribution is 5.55. The van der Waals surface area contributed by atoms with Crippen LogP contribution in [0.5, 0.6) is 0 Å². The number of pyridine rings is 1. The Hall–Kier alpha value is -3.14. The van der Waals surface area contributed by atoms with Gasteiger partial charge >= 0.3 is 0 Å². The Labute approximate surface area is 146 Å². The Morgan fingerprint density at radius 2 is 1.80 bits per heavy atom. The van der Waals surface area contributed by atoms with Gasteiger partial charge in [-0.3, -0.25) is 0 Å². The highest BCUT2D eigenvalue weighted by Crippen LogP contribution is 2.21. The molecule has 1 aliphatic rings. The molecule has 4 heterocycles. The lowest BCUT2D eigenvalue weighted by molar-refractivity contribution is 0.635. The second kappa shape index (κ2) is 6.06. The minimum atomic E-state index is 0.625. The number of piperazine rings is 1. The maximum atomic E-state index is 9.26. The van der Waals surface area contributed by atoms with Crippen LogP contribution in [0, 0.1) is 25.2 Å². The summed E-state index contributed by atoms with van der Waals surface area (Å²) in [5.41, 5.74) is 3.58. The molecule has 1 saturated heterocycles. The van der Waals surface area contributed by atoms with Gasteiger partial charge in [-0.25, -0.2) is 14.5 Å². The number of nitrogens with zero attached hydrogens (tertiary/aromatic N) is 7. The first-order chi connectivity index (χ1) is 12.2. The SMILES string of the molecule is Cc1nc2ccc(N3CCN(c4ncccc4C#N)CC3)nn2c1C. The fourth-order valence-electron chi connectivity index (χ4n) is 3.20. The van der Waals surface area contributed by atoms with Gasteiger partial charge in [-0.15, -0.1) is 5.10 Å². The molecular formula is C18H19N7. The van der Waals surface area contributed by atoms with E-state index in [1.54, 1.807) is 12.3 Å². The number of imidazole rings is 1. The van der Waals surface area contributed by atoms with Crippen LogP contribution in [0.4, 0.5) is 11.6 Å². The van der Waals surface area contributed by atoms with Gasteiger partial charge in [0.15, 0.2) is 5.65 Å². The largest absolute Gasteiger partial charge is 0.352 e. The van der Waals surface area contributed by atoms with Gasteiger partial charge in [0.1, 0.15) is 17.7 Å². The molecular weight excluding hydrogens is 314 g/mol. The molecule has 0 amide bonds. The highest BCUT2D eigenvalue weighted by Gasteiger charge is 2.21. The molecule has 0 bridgehead atoms. The molecule has 0 aromatic carbocycles. The summed E-state index contributed by atoms with van der Waals surface area (Å²) in [5.74, 6) is 1.73. The fourth-order valence-corrected chi connectivity index (χ4v) is 3.20. The van der Waals surface area contributed by atoms with Crippen molar-refractivity contribution < 1.29 is 0 Å². The first kappa shape index (κ1) is 15.4. The molecule has 1 aliphatic heterocycles. The number of fused-ring (bicyclic) bond motifs is 1. The average molecular weight is 333 g/mol. The molecule has 3 aromatic rings. The van der Waals surface area contributed by atoms with Crippen molar-refractivity contribution in [2.75, 3.05) is 36.0 Å². The maximum absolute atomic E-state index is 9.26. The van der Waals surface area contributed by atoms with Crippen LogP contribution in [0.1, 0.15) is 17.0 Å². The van der Waals surface area contributed by atoms with Crippen LogP contribution in [-0.4, -0.2) is 45.8 Å². The summed E-state index contributed by atoms with van der Waals surface area (Å²) >= 11 is 0. The van der Waals surface area contributed by atoms with E-state index in [9.17, 15) is 5.26 Å². The summed E-state index contributed by atoms with van der Waals surface area (Å²) in [6.07, 6.45) is 1.74. The van der Waals surface area contributed by atoms with Crippen LogP contribution in [0.15, 0.2) is 30.5 Å². The molecule has 0 unspecified atom stereocenters. The van der Waals surface area contributed by atoms with E-state index in [1.807, 2.05) is 36.6 Å². The zero-order valence-corrected chi connectivity index (χ0v) is 14.3. The van der Waals surface area contributed by atoms with Gasteiger partial charge in [0.2, 0.25) is 0 Å². The summed E-state index contributed by atoms with van der Waals surface area (Å²) in [6.45, 7) is 7.34. The summed E-state index contributed by atoms with van der Waals surface area (Å²) in [7, 11) is 0. The fraction of sp³-hybridized carbons (Fsp3) is 0.333. The third-order valence-electron chi connectivity index (χ3n) is 4.73. The van der Waals surface area contributed by atoms with Crippen molar-refractivity contribution in [1.29, 1.82) is 5.26 Å². The van der Waals surface area contributed by atoms with Gasteiger partial charge in [0.25, 0.3) is 0 Å². The van der Waals surface area contributed by atoms with Crippen LogP contribution in [0.2, 0.25) is 0 Å². The molecule has 0 radical (unpaired) electrons. The average Bonchev–Trinajstić information content (AvgIpc) is 2.95. The van der Waals surface area contributed by atoms with Gasteiger partial charge in [0.05, 0.1) is 17.0 Å². The Morgan fingerprint density at radius 1 is 1.04 bits per heavy atom. The van der Waals surface area contributed by atoms with Gasteiger partial charge in [-0.05, 0) is 38.1 Å². The minimum Gasteiger partial charge on any atom is -0.352 e. The first-order valence-corrected chi connectivity index (χ1v) is 8.35. The van der Waals surface area contributed by atoms with Crippen LogP contribution >= 0.6 is 0 Å². The smallest absolute Gasteiger partial charge is 0.154 e. The molecule has 0 spiro atoms. The van der Waals surface area contributed by atoms with Crippen molar-refractivity contribution in [3.63, 3.8) is 0 Å². The topological polar surface area (TPSA) is 73.3 Å². The predicted molar refractivity (Wildman–Crippen MR) is 95.8 cm³/mol. The van der Waals surface area contributed by atoms with E-state index >= 15 is 0 Å². The third kappa shape index (κ3) is 2.66. The zero-order chi connectivity index (χ0) is 17.4. The zero-order valence-electron chi connectivity index (χ0n) is 14.3. The molecule has 0 aliphatic carbocycles. The Kier molecular flexibility index (Phi) is 3.73. The van der Waals surface area contributed by atoms with Gasteiger partial charge < -0.3 is 9.80 Å². The van der Waals surface area contributed by atoms with Crippen molar-refractivity contribution in [1.82, 2.24) is 19.6 Å². The molecule has 7 heteroatoms. The lowest BCUT2D eigenvalue weighted by atomic mass is 10.2. The van der Waals surface area contributed by atoms with Crippen molar-refractivity contribution in [3.05, 3.63) is 47.4 Å². The quantitative estimate of drug-likeness (QED) is 0.713. The second-order valence-corrected chi connectivity index (χ2v) is 6.20. The normalized spacial score (nSPS) is 14.8. The number of hydrogen-bond acceptors (Lipinski definition) is 6. The van der Waals surface area contributed by atoms with E-state index in [2.05, 4.69) is 25.8 Å². The van der Waals surface area contributed by atoms with Crippen LogP contribution in [0.3, 0.4) is 0 Å². The number of anilines is 2. The maximum Gasteiger partial charge on any atom is 0.154 e. The molecule has 0 N–H and O–H groups in total. The number of aromatic nitrogens is 4. The molecule has 25 heavy (non-hydrogen) atoms. The van der Waals surface area contributed by atoms with E-state index < -0.39 is 0 Å². The summed E-state index contributed by atoms with van der Waals surface area (Å²) in [5, 5.41) is 14.0. The first-order valence-electron chi connectivity index (χ1n) is 8.35. The molecule has 1 fully saturated rings. The molecule has 7 nitrogen and oxygen atoms in total. The molecule has 4 rings (SSSR count). The van der Waals surface area contributed by atoms with Crippen LogP contribution < -0.4 is 9.80 Å². The number of aryl methyl sites for hydroxylation is 2. The van der Waals surface area contributed by atoms with Crippen molar-refractivity contribution in [2.24, 2.45) is 0 Å².